The molecule has 1 aliphatic carbocycles. The largest absolute Gasteiger partial charge is 0.385 e. The van der Waals surface area contributed by atoms with Crippen LogP contribution in [-0.2, 0) is 5.60 Å². The molecule has 0 aliphatic heterocycles. The van der Waals surface area contributed by atoms with E-state index in [4.69, 9.17) is 0 Å². The van der Waals surface area contributed by atoms with Crippen molar-refractivity contribution in [2.75, 3.05) is 0 Å². The van der Waals surface area contributed by atoms with Crippen molar-refractivity contribution in [2.24, 2.45) is 5.92 Å². The van der Waals surface area contributed by atoms with Crippen LogP contribution in [0, 0.1) is 5.92 Å². The van der Waals surface area contributed by atoms with Crippen molar-refractivity contribution in [1.82, 2.24) is 4.98 Å². The fourth-order valence-electron chi connectivity index (χ4n) is 2.96. The zero-order chi connectivity index (χ0) is 12.6. The topological polar surface area (TPSA) is 33.1 Å². The minimum absolute atomic E-state index is 0.421. The van der Waals surface area contributed by atoms with Gasteiger partial charge in [-0.05, 0) is 30.6 Å². The van der Waals surface area contributed by atoms with Gasteiger partial charge in [0.2, 0.25) is 0 Å². The van der Waals surface area contributed by atoms with E-state index < -0.39 is 5.60 Å². The Balaban J connectivity index is 2.17. The molecule has 1 N–H and O–H groups in total. The molecule has 0 bridgehead atoms. The molecule has 2 aromatic rings. The van der Waals surface area contributed by atoms with Crippen molar-refractivity contribution >= 4 is 10.8 Å². The zero-order valence-electron chi connectivity index (χ0n) is 10.8. The summed E-state index contributed by atoms with van der Waals surface area (Å²) < 4.78 is 0. The minimum atomic E-state index is -0.678. The molecule has 0 amide bonds. The molecule has 1 aromatic heterocycles. The summed E-state index contributed by atoms with van der Waals surface area (Å²) in [5, 5.41) is 13.3. The van der Waals surface area contributed by atoms with Gasteiger partial charge in [-0.1, -0.05) is 37.6 Å². The van der Waals surface area contributed by atoms with E-state index in [1.54, 1.807) is 0 Å². The normalized spacial score (nSPS) is 18.8. The van der Waals surface area contributed by atoms with Gasteiger partial charge in [-0.15, -0.1) is 0 Å². The summed E-state index contributed by atoms with van der Waals surface area (Å²) in [6.07, 6.45) is 7.83. The fourth-order valence-corrected chi connectivity index (χ4v) is 2.96. The van der Waals surface area contributed by atoms with Crippen LogP contribution in [0.4, 0.5) is 0 Å². The van der Waals surface area contributed by atoms with Crippen LogP contribution in [0.15, 0.2) is 36.7 Å². The first-order chi connectivity index (χ1) is 8.75. The highest BCUT2D eigenvalue weighted by atomic mass is 16.3. The standard InChI is InChI=1S/C16H19NO/c1-2-9-16(18,13-7-8-13)15-11-17-10-12-5-3-4-6-14(12)15/h3-6,10-11,13,18H,2,7-9H2,1H3. The number of benzene rings is 1. The Kier molecular flexibility index (Phi) is 2.83. The lowest BCUT2D eigenvalue weighted by Crippen LogP contribution is -2.28. The fraction of sp³-hybridized carbons (Fsp3) is 0.438. The van der Waals surface area contributed by atoms with E-state index in [9.17, 15) is 5.11 Å². The molecule has 1 aliphatic rings. The summed E-state index contributed by atoms with van der Waals surface area (Å²) in [7, 11) is 0. The molecule has 0 radical (unpaired) electrons. The molecule has 2 heteroatoms. The second kappa shape index (κ2) is 4.36. The Hall–Kier alpha value is -1.41. The Labute approximate surface area is 108 Å². The molecule has 3 rings (SSSR count). The molecule has 18 heavy (non-hydrogen) atoms. The Morgan fingerprint density at radius 2 is 2.06 bits per heavy atom. The Bertz CT molecular complexity index is 557. The van der Waals surface area contributed by atoms with Gasteiger partial charge in [0.25, 0.3) is 0 Å². The van der Waals surface area contributed by atoms with Crippen molar-refractivity contribution < 1.29 is 5.11 Å². The van der Waals surface area contributed by atoms with Gasteiger partial charge in [-0.3, -0.25) is 4.98 Å². The third-order valence-electron chi connectivity index (χ3n) is 4.02. The highest BCUT2D eigenvalue weighted by molar-refractivity contribution is 5.85. The lowest BCUT2D eigenvalue weighted by atomic mass is 9.83. The highest BCUT2D eigenvalue weighted by Gasteiger charge is 2.45. The molecule has 0 saturated heterocycles. The van der Waals surface area contributed by atoms with Gasteiger partial charge < -0.3 is 5.11 Å². The van der Waals surface area contributed by atoms with Gasteiger partial charge in [0.1, 0.15) is 0 Å². The monoisotopic (exact) mass is 241 g/mol. The smallest absolute Gasteiger partial charge is 0.0945 e. The SMILES string of the molecule is CCCC(O)(c1cncc2ccccc12)C1CC1. The highest BCUT2D eigenvalue weighted by Crippen LogP contribution is 2.49. The summed E-state index contributed by atoms with van der Waals surface area (Å²) in [5.74, 6) is 0.421. The van der Waals surface area contributed by atoms with Gasteiger partial charge in [0, 0.05) is 23.3 Å². The number of hydrogen-bond acceptors (Lipinski definition) is 2. The van der Waals surface area contributed by atoms with Crippen LogP contribution in [0.1, 0.15) is 38.2 Å². The third kappa shape index (κ3) is 1.81. The van der Waals surface area contributed by atoms with E-state index in [-0.39, 0.29) is 0 Å². The minimum Gasteiger partial charge on any atom is -0.385 e. The first-order valence-corrected chi connectivity index (χ1v) is 6.81. The average molecular weight is 241 g/mol. The summed E-state index contributed by atoms with van der Waals surface area (Å²) >= 11 is 0. The van der Waals surface area contributed by atoms with Crippen LogP contribution in [0.5, 0.6) is 0 Å². The second-order valence-corrected chi connectivity index (χ2v) is 5.36. The number of fused-ring (bicyclic) bond motifs is 1. The van der Waals surface area contributed by atoms with Gasteiger partial charge >= 0.3 is 0 Å². The predicted molar refractivity (Wildman–Crippen MR) is 73.3 cm³/mol. The van der Waals surface area contributed by atoms with E-state index in [0.717, 1.165) is 42.0 Å². The number of pyridine rings is 1. The first-order valence-electron chi connectivity index (χ1n) is 6.81. The lowest BCUT2D eigenvalue weighted by molar-refractivity contribution is 0.00455. The van der Waals surface area contributed by atoms with E-state index in [1.165, 1.54) is 0 Å². The summed E-state index contributed by atoms with van der Waals surface area (Å²) in [6, 6.07) is 8.20. The quantitative estimate of drug-likeness (QED) is 0.886. The van der Waals surface area contributed by atoms with Crippen LogP contribution >= 0.6 is 0 Å². The maximum atomic E-state index is 11.1. The zero-order valence-corrected chi connectivity index (χ0v) is 10.8. The summed E-state index contributed by atoms with van der Waals surface area (Å²) in [6.45, 7) is 2.13. The van der Waals surface area contributed by atoms with Gasteiger partial charge in [0.15, 0.2) is 0 Å². The molecule has 1 aromatic carbocycles. The molecule has 1 atom stereocenters. The van der Waals surface area contributed by atoms with Crippen molar-refractivity contribution in [1.29, 1.82) is 0 Å². The molecule has 1 fully saturated rings. The van der Waals surface area contributed by atoms with E-state index in [2.05, 4.69) is 24.0 Å². The number of hydrogen-bond donors (Lipinski definition) is 1. The van der Waals surface area contributed by atoms with E-state index in [1.807, 2.05) is 24.5 Å². The van der Waals surface area contributed by atoms with Crippen LogP contribution in [0.2, 0.25) is 0 Å². The van der Waals surface area contributed by atoms with Crippen LogP contribution in [-0.4, -0.2) is 10.1 Å². The van der Waals surface area contributed by atoms with Gasteiger partial charge in [-0.25, -0.2) is 0 Å². The molecule has 1 unspecified atom stereocenters. The van der Waals surface area contributed by atoms with Crippen molar-refractivity contribution in [2.45, 2.75) is 38.2 Å². The maximum absolute atomic E-state index is 11.1. The molecule has 0 spiro atoms. The van der Waals surface area contributed by atoms with Crippen molar-refractivity contribution in [3.63, 3.8) is 0 Å². The molecular formula is C16H19NO. The second-order valence-electron chi connectivity index (χ2n) is 5.36. The Morgan fingerprint density at radius 3 is 2.78 bits per heavy atom. The third-order valence-corrected chi connectivity index (χ3v) is 4.02. The van der Waals surface area contributed by atoms with Gasteiger partial charge in [0.05, 0.1) is 5.60 Å². The summed E-state index contributed by atoms with van der Waals surface area (Å²) in [5.41, 5.74) is 0.341. The summed E-state index contributed by atoms with van der Waals surface area (Å²) in [4.78, 5) is 4.31. The molecular weight excluding hydrogens is 222 g/mol. The van der Waals surface area contributed by atoms with Crippen molar-refractivity contribution in [3.05, 3.63) is 42.2 Å². The lowest BCUT2D eigenvalue weighted by Gasteiger charge is -2.29. The number of aliphatic hydroxyl groups is 1. The van der Waals surface area contributed by atoms with Crippen LogP contribution in [0.3, 0.4) is 0 Å². The molecule has 1 saturated carbocycles. The van der Waals surface area contributed by atoms with E-state index >= 15 is 0 Å². The van der Waals surface area contributed by atoms with Crippen molar-refractivity contribution in [3.8, 4) is 0 Å². The van der Waals surface area contributed by atoms with Crippen LogP contribution in [0.25, 0.3) is 10.8 Å². The number of aromatic nitrogens is 1. The average Bonchev–Trinajstić information content (AvgIpc) is 3.23. The molecule has 2 nitrogen and oxygen atoms in total. The number of nitrogens with zero attached hydrogens (tertiary/aromatic N) is 1. The van der Waals surface area contributed by atoms with E-state index in [0.29, 0.717) is 5.92 Å². The number of rotatable bonds is 4. The molecule has 1 heterocycles. The molecule has 94 valence electrons. The first kappa shape index (κ1) is 11.7. The van der Waals surface area contributed by atoms with Crippen LogP contribution < -0.4 is 0 Å². The van der Waals surface area contributed by atoms with Gasteiger partial charge in [-0.2, -0.15) is 0 Å². The maximum Gasteiger partial charge on any atom is 0.0945 e. The predicted octanol–water partition coefficient (Wildman–Crippen LogP) is 3.63. The Morgan fingerprint density at radius 1 is 1.28 bits per heavy atom.